The quantitative estimate of drug-likeness (QED) is 0.147. The number of rotatable bonds is 10. The smallest absolute Gasteiger partial charge is 0.152 e. The van der Waals surface area contributed by atoms with Crippen molar-refractivity contribution in [1.29, 1.82) is 0 Å². The highest BCUT2D eigenvalue weighted by atomic mass is 16.5. The zero-order valence-electron chi connectivity index (χ0n) is 25.7. The van der Waals surface area contributed by atoms with Gasteiger partial charge in [0.1, 0.15) is 22.8 Å². The van der Waals surface area contributed by atoms with Crippen LogP contribution in [0.1, 0.15) is 40.3 Å². The van der Waals surface area contributed by atoms with Gasteiger partial charge >= 0.3 is 0 Å². The molecule has 46 heavy (non-hydrogen) atoms. The number of methoxy groups -OCH3 is 1. The maximum absolute atomic E-state index is 12.9. The summed E-state index contributed by atoms with van der Waals surface area (Å²) in [6.07, 6.45) is 0. The maximum atomic E-state index is 12.9. The van der Waals surface area contributed by atoms with Crippen molar-refractivity contribution in [2.75, 3.05) is 7.11 Å². The molecule has 0 amide bonds. The van der Waals surface area contributed by atoms with Crippen LogP contribution in [0.3, 0.4) is 0 Å². The van der Waals surface area contributed by atoms with Crippen molar-refractivity contribution in [2.45, 2.75) is 23.7 Å². The SMILES string of the molecule is COc1ccc(C(O)(c2ccccc2)C(O)(c2ccccc2)c2ccc(Oc3ccc(C(C)(O)c4ccccc4)cc3)cc2)cc1. The summed E-state index contributed by atoms with van der Waals surface area (Å²) in [5.74, 6) is 1.78. The summed E-state index contributed by atoms with van der Waals surface area (Å²) in [4.78, 5) is 0. The highest BCUT2D eigenvalue weighted by molar-refractivity contribution is 5.52. The van der Waals surface area contributed by atoms with Crippen molar-refractivity contribution in [3.05, 3.63) is 197 Å². The Labute approximate surface area is 269 Å². The number of hydrogen-bond donors (Lipinski definition) is 3. The minimum absolute atomic E-state index is 0.475. The third-order valence-corrected chi connectivity index (χ3v) is 8.67. The van der Waals surface area contributed by atoms with Crippen molar-refractivity contribution in [1.82, 2.24) is 0 Å². The minimum atomic E-state index is -1.91. The lowest BCUT2D eigenvalue weighted by atomic mass is 9.66. The van der Waals surface area contributed by atoms with Crippen LogP contribution in [0.15, 0.2) is 164 Å². The lowest BCUT2D eigenvalue weighted by Gasteiger charge is -2.45. The molecule has 0 heterocycles. The molecule has 3 N–H and O–H groups in total. The van der Waals surface area contributed by atoms with Gasteiger partial charge in [0.2, 0.25) is 0 Å². The van der Waals surface area contributed by atoms with E-state index < -0.39 is 16.8 Å². The van der Waals surface area contributed by atoms with E-state index in [1.165, 1.54) is 0 Å². The fourth-order valence-corrected chi connectivity index (χ4v) is 6.04. The van der Waals surface area contributed by atoms with E-state index in [1.807, 2.05) is 115 Å². The third kappa shape index (κ3) is 5.57. The standard InChI is InChI=1S/C41H36O5/c1-39(42,30-12-6-3-7-13-30)31-18-26-37(27-19-31)46-38-28-22-35(23-29-38)41(44,33-16-10-5-11-17-33)40(43,32-14-8-4-9-15-32)34-20-24-36(45-2)25-21-34/h3-29,42-44H,1-2H3. The molecule has 6 aromatic rings. The first-order valence-corrected chi connectivity index (χ1v) is 15.1. The van der Waals surface area contributed by atoms with Crippen LogP contribution in [-0.2, 0) is 16.8 Å². The van der Waals surface area contributed by atoms with Crippen molar-refractivity contribution in [3.8, 4) is 17.2 Å². The summed E-state index contributed by atoms with van der Waals surface area (Å²) in [6.45, 7) is 1.77. The van der Waals surface area contributed by atoms with E-state index in [0.717, 1.165) is 11.1 Å². The Morgan fingerprint density at radius 2 is 0.652 bits per heavy atom. The van der Waals surface area contributed by atoms with Gasteiger partial charge in [0.25, 0.3) is 0 Å². The molecule has 230 valence electrons. The predicted molar refractivity (Wildman–Crippen MR) is 180 cm³/mol. The first-order valence-electron chi connectivity index (χ1n) is 15.1. The lowest BCUT2D eigenvalue weighted by Crippen LogP contribution is -2.51. The van der Waals surface area contributed by atoms with Crippen LogP contribution in [0.5, 0.6) is 17.2 Å². The summed E-state index contributed by atoms with van der Waals surface area (Å²) in [6, 6.07) is 49.4. The van der Waals surface area contributed by atoms with E-state index in [9.17, 15) is 15.3 Å². The van der Waals surface area contributed by atoms with Gasteiger partial charge in [-0.15, -0.1) is 0 Å². The topological polar surface area (TPSA) is 79.2 Å². The molecule has 0 saturated carbocycles. The van der Waals surface area contributed by atoms with E-state index in [4.69, 9.17) is 9.47 Å². The van der Waals surface area contributed by atoms with Crippen LogP contribution in [0.25, 0.3) is 0 Å². The monoisotopic (exact) mass is 608 g/mol. The van der Waals surface area contributed by atoms with Crippen LogP contribution in [-0.4, -0.2) is 22.4 Å². The average molecular weight is 609 g/mol. The zero-order valence-corrected chi connectivity index (χ0v) is 25.7. The highest BCUT2D eigenvalue weighted by Crippen LogP contribution is 2.50. The molecule has 0 spiro atoms. The second-order valence-corrected chi connectivity index (χ2v) is 11.5. The normalized spacial score (nSPS) is 15.2. The molecule has 5 heteroatoms. The Hall–Kier alpha value is -5.20. The van der Waals surface area contributed by atoms with E-state index in [2.05, 4.69) is 0 Å². The van der Waals surface area contributed by atoms with Crippen LogP contribution in [0.4, 0.5) is 0 Å². The second kappa shape index (κ2) is 12.7. The van der Waals surface area contributed by atoms with Gasteiger partial charge in [-0.2, -0.15) is 0 Å². The minimum Gasteiger partial charge on any atom is -0.497 e. The lowest BCUT2D eigenvalue weighted by molar-refractivity contribution is -0.113. The molecule has 0 aliphatic carbocycles. The van der Waals surface area contributed by atoms with Crippen LogP contribution in [0, 0.1) is 0 Å². The van der Waals surface area contributed by atoms with Crippen molar-refractivity contribution in [2.24, 2.45) is 0 Å². The summed E-state index contributed by atoms with van der Waals surface area (Å²) in [5.41, 5.74) is -1.39. The Morgan fingerprint density at radius 1 is 0.370 bits per heavy atom. The Balaban J connectivity index is 1.37. The largest absolute Gasteiger partial charge is 0.497 e. The van der Waals surface area contributed by atoms with Gasteiger partial charge in [-0.05, 0) is 76.7 Å². The second-order valence-electron chi connectivity index (χ2n) is 11.5. The van der Waals surface area contributed by atoms with Crippen molar-refractivity contribution >= 4 is 0 Å². The summed E-state index contributed by atoms with van der Waals surface area (Å²) < 4.78 is 11.5. The van der Waals surface area contributed by atoms with Gasteiger partial charge in [-0.1, -0.05) is 127 Å². The molecule has 0 radical (unpaired) electrons. The molecule has 6 aromatic carbocycles. The van der Waals surface area contributed by atoms with E-state index in [0.29, 0.717) is 39.5 Å². The fourth-order valence-electron chi connectivity index (χ4n) is 6.04. The van der Waals surface area contributed by atoms with Crippen LogP contribution < -0.4 is 9.47 Å². The van der Waals surface area contributed by atoms with Gasteiger partial charge in [0, 0.05) is 0 Å². The van der Waals surface area contributed by atoms with Crippen LogP contribution in [0.2, 0.25) is 0 Å². The maximum Gasteiger partial charge on any atom is 0.152 e. The van der Waals surface area contributed by atoms with E-state index >= 15 is 0 Å². The van der Waals surface area contributed by atoms with Crippen molar-refractivity contribution in [3.63, 3.8) is 0 Å². The molecule has 0 fully saturated rings. The van der Waals surface area contributed by atoms with Gasteiger partial charge in [-0.25, -0.2) is 0 Å². The summed E-state index contributed by atoms with van der Waals surface area (Å²) in [5, 5.41) is 37.0. The Bertz CT molecular complexity index is 1850. The summed E-state index contributed by atoms with van der Waals surface area (Å²) in [7, 11) is 1.59. The molecule has 3 atom stereocenters. The predicted octanol–water partition coefficient (Wildman–Crippen LogP) is 7.92. The van der Waals surface area contributed by atoms with Gasteiger partial charge in [0.05, 0.1) is 7.11 Å². The van der Waals surface area contributed by atoms with Gasteiger partial charge in [0.15, 0.2) is 11.2 Å². The molecule has 0 aliphatic heterocycles. The number of ether oxygens (including phenoxy) is 2. The van der Waals surface area contributed by atoms with E-state index in [1.54, 1.807) is 62.6 Å². The Kier molecular flexibility index (Phi) is 8.48. The molecule has 3 unspecified atom stereocenters. The van der Waals surface area contributed by atoms with Gasteiger partial charge in [-0.3, -0.25) is 0 Å². The number of aliphatic hydroxyl groups is 3. The van der Waals surface area contributed by atoms with Crippen LogP contribution >= 0.6 is 0 Å². The summed E-state index contributed by atoms with van der Waals surface area (Å²) >= 11 is 0. The molecule has 0 aliphatic rings. The average Bonchev–Trinajstić information content (AvgIpc) is 3.12. The first-order chi connectivity index (χ1) is 22.3. The zero-order chi connectivity index (χ0) is 32.2. The molecule has 0 saturated heterocycles. The van der Waals surface area contributed by atoms with E-state index in [-0.39, 0.29) is 0 Å². The molecule has 6 rings (SSSR count). The Morgan fingerprint density at radius 3 is 1.02 bits per heavy atom. The highest BCUT2D eigenvalue weighted by Gasteiger charge is 2.54. The fraction of sp³-hybridized carbons (Fsp3) is 0.122. The van der Waals surface area contributed by atoms with Gasteiger partial charge < -0.3 is 24.8 Å². The van der Waals surface area contributed by atoms with Crippen molar-refractivity contribution < 1.29 is 24.8 Å². The molecular formula is C41H36O5. The third-order valence-electron chi connectivity index (χ3n) is 8.67. The molecule has 5 nitrogen and oxygen atoms in total. The number of benzene rings is 6. The molecule has 0 aromatic heterocycles. The number of hydrogen-bond acceptors (Lipinski definition) is 5. The first kappa shape index (κ1) is 30.8. The molecular weight excluding hydrogens is 572 g/mol. The molecule has 0 bridgehead atoms.